The van der Waals surface area contributed by atoms with E-state index in [0.717, 1.165) is 11.4 Å². The number of rotatable bonds is 4. The van der Waals surface area contributed by atoms with Gasteiger partial charge in [0.25, 0.3) is 5.91 Å². The zero-order valence-electron chi connectivity index (χ0n) is 14.8. The molecule has 0 bridgehead atoms. The smallest absolute Gasteiger partial charge is 0.257 e. The molecule has 5 nitrogen and oxygen atoms in total. The van der Waals surface area contributed by atoms with Gasteiger partial charge in [-0.15, -0.1) is 0 Å². The molecular weight excluding hydrogens is 335 g/mol. The van der Waals surface area contributed by atoms with Crippen LogP contribution in [0.3, 0.4) is 0 Å². The van der Waals surface area contributed by atoms with Crippen molar-refractivity contribution >= 4 is 17.5 Å². The Bertz CT molecular complexity index is 807. The number of carbonyl (C=O) groups excluding carboxylic acids is 2. The highest BCUT2D eigenvalue weighted by Gasteiger charge is 2.36. The van der Waals surface area contributed by atoms with Gasteiger partial charge in [-0.2, -0.15) is 0 Å². The maximum atomic E-state index is 13.9. The highest BCUT2D eigenvalue weighted by atomic mass is 19.1. The van der Waals surface area contributed by atoms with Crippen LogP contribution in [0.25, 0.3) is 0 Å². The normalized spacial score (nSPS) is 17.3. The van der Waals surface area contributed by atoms with Gasteiger partial charge in [0.05, 0.1) is 12.2 Å². The van der Waals surface area contributed by atoms with Gasteiger partial charge in [-0.1, -0.05) is 12.1 Å². The number of halogens is 1. The summed E-state index contributed by atoms with van der Waals surface area (Å²) in [6.45, 7) is 4.85. The number of anilines is 1. The van der Waals surface area contributed by atoms with E-state index in [4.69, 9.17) is 4.74 Å². The summed E-state index contributed by atoms with van der Waals surface area (Å²) >= 11 is 0. The number of amides is 2. The average Bonchev–Trinajstić information content (AvgIpc) is 2.65. The Morgan fingerprint density at radius 1 is 1.15 bits per heavy atom. The lowest BCUT2D eigenvalue weighted by atomic mass is 10.1. The SMILES string of the molecule is CCOc1ccc(N2CCN(C(=O)c3ccccc3F)[C@H](C)C2=O)cc1. The minimum atomic E-state index is -0.664. The Labute approximate surface area is 152 Å². The fourth-order valence-electron chi connectivity index (χ4n) is 3.08. The van der Waals surface area contributed by atoms with Gasteiger partial charge in [0, 0.05) is 18.8 Å². The summed E-state index contributed by atoms with van der Waals surface area (Å²) in [5, 5.41) is 0. The summed E-state index contributed by atoms with van der Waals surface area (Å²) in [5.41, 5.74) is 0.741. The fraction of sp³-hybridized carbons (Fsp3) is 0.300. The topological polar surface area (TPSA) is 49.9 Å². The van der Waals surface area contributed by atoms with Gasteiger partial charge in [-0.3, -0.25) is 9.59 Å². The molecule has 136 valence electrons. The Balaban J connectivity index is 1.76. The highest BCUT2D eigenvalue weighted by Crippen LogP contribution is 2.24. The van der Waals surface area contributed by atoms with Crippen LogP contribution in [0.1, 0.15) is 24.2 Å². The lowest BCUT2D eigenvalue weighted by Crippen LogP contribution is -2.57. The van der Waals surface area contributed by atoms with E-state index in [-0.39, 0.29) is 11.5 Å². The van der Waals surface area contributed by atoms with E-state index in [2.05, 4.69) is 0 Å². The molecule has 0 aliphatic carbocycles. The molecule has 0 saturated carbocycles. The second kappa shape index (κ2) is 7.56. The van der Waals surface area contributed by atoms with E-state index in [1.165, 1.54) is 23.1 Å². The van der Waals surface area contributed by atoms with E-state index < -0.39 is 17.8 Å². The Morgan fingerprint density at radius 2 is 1.85 bits per heavy atom. The fourth-order valence-corrected chi connectivity index (χ4v) is 3.08. The van der Waals surface area contributed by atoms with Gasteiger partial charge < -0.3 is 14.5 Å². The molecule has 0 aromatic heterocycles. The van der Waals surface area contributed by atoms with Gasteiger partial charge in [-0.25, -0.2) is 4.39 Å². The molecule has 1 fully saturated rings. The molecule has 1 aliphatic rings. The molecule has 2 amide bonds. The predicted octanol–water partition coefficient (Wildman–Crippen LogP) is 3.10. The van der Waals surface area contributed by atoms with Crippen LogP contribution in [0.5, 0.6) is 5.75 Å². The van der Waals surface area contributed by atoms with Crippen molar-refractivity contribution in [2.24, 2.45) is 0 Å². The summed E-state index contributed by atoms with van der Waals surface area (Å²) < 4.78 is 19.3. The number of piperazine rings is 1. The molecule has 1 heterocycles. The van der Waals surface area contributed by atoms with Gasteiger partial charge >= 0.3 is 0 Å². The standard InChI is InChI=1S/C20H21FN2O3/c1-3-26-16-10-8-15(9-11-16)23-13-12-22(14(2)19(23)24)20(25)17-6-4-5-7-18(17)21/h4-11,14H,3,12-13H2,1-2H3/t14-/m1/s1. The molecule has 0 unspecified atom stereocenters. The van der Waals surface area contributed by atoms with Crippen LogP contribution >= 0.6 is 0 Å². The van der Waals surface area contributed by atoms with E-state index >= 15 is 0 Å². The molecule has 3 rings (SSSR count). The third-order valence-corrected chi connectivity index (χ3v) is 4.48. The first-order chi connectivity index (χ1) is 12.5. The van der Waals surface area contributed by atoms with Crippen molar-refractivity contribution in [1.82, 2.24) is 4.90 Å². The van der Waals surface area contributed by atoms with Crippen LogP contribution in [0.4, 0.5) is 10.1 Å². The van der Waals surface area contributed by atoms with Gasteiger partial charge in [-0.05, 0) is 50.2 Å². The quantitative estimate of drug-likeness (QED) is 0.846. The molecule has 26 heavy (non-hydrogen) atoms. The minimum absolute atomic E-state index is 0.0123. The van der Waals surface area contributed by atoms with Crippen molar-refractivity contribution in [2.75, 3.05) is 24.6 Å². The third-order valence-electron chi connectivity index (χ3n) is 4.48. The number of hydrogen-bond donors (Lipinski definition) is 0. The van der Waals surface area contributed by atoms with Gasteiger partial charge in [0.2, 0.25) is 5.91 Å². The molecule has 2 aromatic rings. The van der Waals surface area contributed by atoms with Crippen molar-refractivity contribution < 1.29 is 18.7 Å². The summed E-state index contributed by atoms with van der Waals surface area (Å²) in [4.78, 5) is 28.5. The lowest BCUT2D eigenvalue weighted by Gasteiger charge is -2.39. The Hall–Kier alpha value is -2.89. The molecule has 0 N–H and O–H groups in total. The molecular formula is C20H21FN2O3. The number of hydrogen-bond acceptors (Lipinski definition) is 3. The average molecular weight is 356 g/mol. The van der Waals surface area contributed by atoms with Crippen molar-refractivity contribution in [3.63, 3.8) is 0 Å². The maximum Gasteiger partial charge on any atom is 0.257 e. The van der Waals surface area contributed by atoms with Crippen LogP contribution in [0.2, 0.25) is 0 Å². The Morgan fingerprint density at radius 3 is 2.50 bits per heavy atom. The molecule has 1 atom stereocenters. The van der Waals surface area contributed by atoms with Crippen molar-refractivity contribution in [3.05, 3.63) is 59.9 Å². The minimum Gasteiger partial charge on any atom is -0.494 e. The summed E-state index contributed by atoms with van der Waals surface area (Å²) in [6, 6.07) is 12.4. The summed E-state index contributed by atoms with van der Waals surface area (Å²) in [6.07, 6.45) is 0. The first kappa shape index (κ1) is 17.9. The van der Waals surface area contributed by atoms with E-state index in [0.29, 0.717) is 19.7 Å². The van der Waals surface area contributed by atoms with Crippen LogP contribution in [-0.4, -0.2) is 42.5 Å². The predicted molar refractivity (Wildman–Crippen MR) is 96.9 cm³/mol. The maximum absolute atomic E-state index is 13.9. The number of ether oxygens (including phenoxy) is 1. The van der Waals surface area contributed by atoms with Crippen molar-refractivity contribution in [1.29, 1.82) is 0 Å². The summed E-state index contributed by atoms with van der Waals surface area (Å²) in [7, 11) is 0. The van der Waals surface area contributed by atoms with Crippen LogP contribution in [-0.2, 0) is 4.79 Å². The number of nitrogens with zero attached hydrogens (tertiary/aromatic N) is 2. The largest absolute Gasteiger partial charge is 0.494 e. The zero-order chi connectivity index (χ0) is 18.7. The van der Waals surface area contributed by atoms with Crippen LogP contribution < -0.4 is 9.64 Å². The van der Waals surface area contributed by atoms with E-state index in [9.17, 15) is 14.0 Å². The third kappa shape index (κ3) is 3.40. The molecule has 1 saturated heterocycles. The highest BCUT2D eigenvalue weighted by molar-refractivity contribution is 6.03. The van der Waals surface area contributed by atoms with Crippen LogP contribution in [0, 0.1) is 5.82 Å². The molecule has 0 radical (unpaired) electrons. The number of carbonyl (C=O) groups is 2. The molecule has 2 aromatic carbocycles. The van der Waals surface area contributed by atoms with E-state index in [1.54, 1.807) is 17.9 Å². The monoisotopic (exact) mass is 356 g/mol. The second-order valence-electron chi connectivity index (χ2n) is 6.07. The lowest BCUT2D eigenvalue weighted by molar-refractivity contribution is -0.124. The van der Waals surface area contributed by atoms with Gasteiger partial charge in [0.15, 0.2) is 0 Å². The van der Waals surface area contributed by atoms with Crippen molar-refractivity contribution in [3.8, 4) is 5.75 Å². The first-order valence-corrected chi connectivity index (χ1v) is 8.62. The van der Waals surface area contributed by atoms with Crippen molar-refractivity contribution in [2.45, 2.75) is 19.9 Å². The van der Waals surface area contributed by atoms with Gasteiger partial charge in [0.1, 0.15) is 17.6 Å². The zero-order valence-corrected chi connectivity index (χ0v) is 14.8. The summed E-state index contributed by atoms with van der Waals surface area (Å²) in [5.74, 6) is -0.489. The number of benzene rings is 2. The molecule has 6 heteroatoms. The molecule has 0 spiro atoms. The molecule has 1 aliphatic heterocycles. The first-order valence-electron chi connectivity index (χ1n) is 8.62. The van der Waals surface area contributed by atoms with E-state index in [1.807, 2.05) is 31.2 Å². The Kier molecular flexibility index (Phi) is 5.21. The second-order valence-corrected chi connectivity index (χ2v) is 6.07. The van der Waals surface area contributed by atoms with Crippen LogP contribution in [0.15, 0.2) is 48.5 Å².